The molecule has 2 amide bonds. The summed E-state index contributed by atoms with van der Waals surface area (Å²) >= 11 is 0. The maximum absolute atomic E-state index is 12.4. The van der Waals surface area contributed by atoms with E-state index in [1.54, 1.807) is 18.2 Å². The number of fused-ring (bicyclic) bond motifs is 1. The van der Waals surface area contributed by atoms with Gasteiger partial charge in [0.05, 0.1) is 12.1 Å². The lowest BCUT2D eigenvalue weighted by Gasteiger charge is -2.10. The van der Waals surface area contributed by atoms with Gasteiger partial charge in [-0.05, 0) is 44.2 Å². The molecule has 1 aliphatic rings. The van der Waals surface area contributed by atoms with Crippen LogP contribution in [0.5, 0.6) is 5.75 Å². The van der Waals surface area contributed by atoms with Crippen molar-refractivity contribution >= 4 is 17.5 Å². The SMILES string of the molecule is Cc1cc(C)cc(C(=O)Nc2ccc3c(c2)C(=O)NCCO3)c1. The third kappa shape index (κ3) is 3.34. The summed E-state index contributed by atoms with van der Waals surface area (Å²) in [5, 5.41) is 5.58. The van der Waals surface area contributed by atoms with Crippen LogP contribution in [0, 0.1) is 13.8 Å². The number of rotatable bonds is 2. The van der Waals surface area contributed by atoms with Gasteiger partial charge in [-0.25, -0.2) is 0 Å². The van der Waals surface area contributed by atoms with Crippen LogP contribution in [0.3, 0.4) is 0 Å². The van der Waals surface area contributed by atoms with Crippen molar-refractivity contribution in [2.75, 3.05) is 18.5 Å². The molecule has 0 aromatic heterocycles. The van der Waals surface area contributed by atoms with Crippen LogP contribution < -0.4 is 15.4 Å². The van der Waals surface area contributed by atoms with Crippen molar-refractivity contribution in [3.63, 3.8) is 0 Å². The van der Waals surface area contributed by atoms with E-state index in [1.165, 1.54) is 0 Å². The molecule has 1 aliphatic heterocycles. The largest absolute Gasteiger partial charge is 0.491 e. The zero-order chi connectivity index (χ0) is 16.4. The van der Waals surface area contributed by atoms with Crippen LogP contribution in [0.1, 0.15) is 31.8 Å². The normalized spacial score (nSPS) is 13.4. The van der Waals surface area contributed by atoms with Crippen LogP contribution in [0.2, 0.25) is 0 Å². The number of benzene rings is 2. The van der Waals surface area contributed by atoms with Crippen molar-refractivity contribution in [2.24, 2.45) is 0 Å². The number of anilines is 1. The number of aryl methyl sites for hydroxylation is 2. The van der Waals surface area contributed by atoms with Gasteiger partial charge in [-0.3, -0.25) is 9.59 Å². The van der Waals surface area contributed by atoms with Crippen molar-refractivity contribution in [3.8, 4) is 5.75 Å². The summed E-state index contributed by atoms with van der Waals surface area (Å²) in [4.78, 5) is 24.4. The lowest BCUT2D eigenvalue weighted by molar-refractivity contribution is 0.0955. The van der Waals surface area contributed by atoms with E-state index in [-0.39, 0.29) is 11.8 Å². The van der Waals surface area contributed by atoms with E-state index in [0.29, 0.717) is 35.7 Å². The Hall–Kier alpha value is -2.82. The third-order valence-corrected chi connectivity index (χ3v) is 3.61. The number of ether oxygens (including phenoxy) is 1. The van der Waals surface area contributed by atoms with Crippen molar-refractivity contribution in [2.45, 2.75) is 13.8 Å². The van der Waals surface area contributed by atoms with Crippen molar-refractivity contribution in [1.82, 2.24) is 5.32 Å². The lowest BCUT2D eigenvalue weighted by Crippen LogP contribution is -2.24. The van der Waals surface area contributed by atoms with Gasteiger partial charge in [-0.1, -0.05) is 17.2 Å². The second kappa shape index (κ2) is 6.12. The van der Waals surface area contributed by atoms with E-state index in [1.807, 2.05) is 32.0 Å². The van der Waals surface area contributed by atoms with Gasteiger partial charge in [-0.15, -0.1) is 0 Å². The van der Waals surface area contributed by atoms with Crippen LogP contribution in [0.25, 0.3) is 0 Å². The number of hydrogen-bond donors (Lipinski definition) is 2. The van der Waals surface area contributed by atoms with E-state index in [9.17, 15) is 9.59 Å². The summed E-state index contributed by atoms with van der Waals surface area (Å²) in [5.74, 6) is 0.135. The Morgan fingerprint density at radius 3 is 2.61 bits per heavy atom. The van der Waals surface area contributed by atoms with Gasteiger partial charge in [0.15, 0.2) is 0 Å². The Labute approximate surface area is 134 Å². The minimum absolute atomic E-state index is 0.194. The average Bonchev–Trinajstić information content (AvgIpc) is 2.68. The van der Waals surface area contributed by atoms with Gasteiger partial charge in [-0.2, -0.15) is 0 Å². The van der Waals surface area contributed by atoms with Crippen LogP contribution >= 0.6 is 0 Å². The molecule has 5 heteroatoms. The highest BCUT2D eigenvalue weighted by Gasteiger charge is 2.17. The molecule has 0 aliphatic carbocycles. The Balaban J connectivity index is 1.85. The van der Waals surface area contributed by atoms with Crippen molar-refractivity contribution < 1.29 is 14.3 Å². The molecule has 0 bridgehead atoms. The Kier molecular flexibility index (Phi) is 4.02. The first-order valence-corrected chi connectivity index (χ1v) is 7.47. The molecule has 0 unspecified atom stereocenters. The topological polar surface area (TPSA) is 67.4 Å². The monoisotopic (exact) mass is 310 g/mol. The van der Waals surface area contributed by atoms with Crippen molar-refractivity contribution in [3.05, 3.63) is 58.7 Å². The molecular weight excluding hydrogens is 292 g/mol. The number of hydrogen-bond acceptors (Lipinski definition) is 3. The molecule has 0 atom stereocenters. The summed E-state index contributed by atoms with van der Waals surface area (Å²) in [6.45, 7) is 4.81. The number of nitrogens with one attached hydrogen (secondary N) is 2. The zero-order valence-corrected chi connectivity index (χ0v) is 13.1. The Bertz CT molecular complexity index is 764. The smallest absolute Gasteiger partial charge is 0.255 e. The van der Waals surface area contributed by atoms with Crippen LogP contribution in [-0.2, 0) is 0 Å². The van der Waals surface area contributed by atoms with E-state index < -0.39 is 0 Å². The maximum Gasteiger partial charge on any atom is 0.255 e. The zero-order valence-electron chi connectivity index (χ0n) is 13.1. The molecule has 2 aromatic rings. The molecule has 5 nitrogen and oxygen atoms in total. The first kappa shape index (κ1) is 15.1. The third-order valence-electron chi connectivity index (χ3n) is 3.61. The highest BCUT2D eigenvalue weighted by molar-refractivity contribution is 6.05. The van der Waals surface area contributed by atoms with Gasteiger partial charge in [0.2, 0.25) is 0 Å². The second-order valence-electron chi connectivity index (χ2n) is 5.65. The number of carbonyl (C=O) groups excluding carboxylic acids is 2. The predicted molar refractivity (Wildman–Crippen MR) is 88.1 cm³/mol. The van der Waals surface area contributed by atoms with Crippen LogP contribution in [0.4, 0.5) is 5.69 Å². The molecule has 0 radical (unpaired) electrons. The minimum atomic E-state index is -0.202. The fraction of sp³-hybridized carbons (Fsp3) is 0.222. The second-order valence-corrected chi connectivity index (χ2v) is 5.65. The Morgan fingerprint density at radius 2 is 1.87 bits per heavy atom. The minimum Gasteiger partial charge on any atom is -0.491 e. The molecular formula is C18H18N2O3. The fourth-order valence-electron chi connectivity index (χ4n) is 2.64. The molecule has 23 heavy (non-hydrogen) atoms. The highest BCUT2D eigenvalue weighted by atomic mass is 16.5. The van der Waals surface area contributed by atoms with Crippen molar-refractivity contribution in [1.29, 1.82) is 0 Å². The number of carbonyl (C=O) groups is 2. The lowest BCUT2D eigenvalue weighted by atomic mass is 10.1. The molecule has 0 saturated heterocycles. The quantitative estimate of drug-likeness (QED) is 0.896. The highest BCUT2D eigenvalue weighted by Crippen LogP contribution is 2.24. The molecule has 0 fully saturated rings. The van der Waals surface area contributed by atoms with Gasteiger partial charge in [0.25, 0.3) is 11.8 Å². The first-order valence-electron chi connectivity index (χ1n) is 7.47. The summed E-state index contributed by atoms with van der Waals surface area (Å²) in [6, 6.07) is 10.8. The summed E-state index contributed by atoms with van der Waals surface area (Å²) in [5.41, 5.74) is 3.65. The number of amides is 2. The van der Waals surface area contributed by atoms with Crippen LogP contribution in [0.15, 0.2) is 36.4 Å². The summed E-state index contributed by atoms with van der Waals surface area (Å²) in [7, 11) is 0. The summed E-state index contributed by atoms with van der Waals surface area (Å²) < 4.78 is 5.50. The molecule has 0 saturated carbocycles. The molecule has 118 valence electrons. The molecule has 1 heterocycles. The molecule has 3 rings (SSSR count). The molecule has 0 spiro atoms. The fourth-order valence-corrected chi connectivity index (χ4v) is 2.64. The van der Waals surface area contributed by atoms with E-state index >= 15 is 0 Å². The summed E-state index contributed by atoms with van der Waals surface area (Å²) in [6.07, 6.45) is 0. The van der Waals surface area contributed by atoms with Gasteiger partial charge < -0.3 is 15.4 Å². The molecule has 2 aromatic carbocycles. The molecule has 2 N–H and O–H groups in total. The first-order chi connectivity index (χ1) is 11.0. The maximum atomic E-state index is 12.4. The predicted octanol–water partition coefficient (Wildman–Crippen LogP) is 2.68. The standard InChI is InChI=1S/C18H18N2O3/c1-11-7-12(2)9-13(8-11)17(21)20-14-3-4-16-15(10-14)18(22)19-5-6-23-16/h3-4,7-10H,5-6H2,1-2H3,(H,19,22)(H,20,21). The van der Waals surface area contributed by atoms with Gasteiger partial charge >= 0.3 is 0 Å². The van der Waals surface area contributed by atoms with E-state index in [0.717, 1.165) is 11.1 Å². The van der Waals surface area contributed by atoms with Gasteiger partial charge in [0, 0.05) is 11.3 Å². The Morgan fingerprint density at radius 1 is 1.13 bits per heavy atom. The van der Waals surface area contributed by atoms with Crippen LogP contribution in [-0.4, -0.2) is 25.0 Å². The van der Waals surface area contributed by atoms with Gasteiger partial charge in [0.1, 0.15) is 12.4 Å². The van der Waals surface area contributed by atoms with E-state index in [2.05, 4.69) is 10.6 Å². The van der Waals surface area contributed by atoms with E-state index in [4.69, 9.17) is 4.74 Å². The average molecular weight is 310 g/mol.